The van der Waals surface area contributed by atoms with Crippen molar-refractivity contribution in [2.45, 2.75) is 127 Å². The van der Waals surface area contributed by atoms with Crippen LogP contribution < -0.4 is 55.3 Å². The van der Waals surface area contributed by atoms with Crippen molar-refractivity contribution < 1.29 is 48.3 Å². The molecule has 7 atom stereocenters. The third kappa shape index (κ3) is 20.0. The number of fused-ring (bicyclic) bond motifs is 1. The molecule has 1 saturated heterocycles. The molecule has 1 fully saturated rings. The molecular weight excluding hydrogens is 969 g/mol. The van der Waals surface area contributed by atoms with Gasteiger partial charge in [0.25, 0.3) is 0 Å². The lowest BCUT2D eigenvalue weighted by Gasteiger charge is -2.26. The van der Waals surface area contributed by atoms with Crippen LogP contribution in [0, 0.1) is 23.2 Å². The number of aliphatic imine (C=N–C) groups is 2. The van der Waals surface area contributed by atoms with Crippen molar-refractivity contribution in [2.24, 2.45) is 50.5 Å². The zero-order valence-corrected chi connectivity index (χ0v) is 42.1. The first-order valence-corrected chi connectivity index (χ1v) is 24.9. The molecule has 404 valence electrons. The number of hydrogen-bond donors (Lipinski definition) is 12. The van der Waals surface area contributed by atoms with Gasteiger partial charge in [-0.15, -0.1) is 0 Å². The highest BCUT2D eigenvalue weighted by atomic mass is 16.3. The van der Waals surface area contributed by atoms with Crippen LogP contribution in [0.1, 0.15) is 101 Å². The van der Waals surface area contributed by atoms with Gasteiger partial charge >= 0.3 is 0 Å². The number of para-hydroxylation sites is 1. The summed E-state index contributed by atoms with van der Waals surface area (Å²) in [5.41, 5.74) is 30.1. The van der Waals surface area contributed by atoms with Crippen molar-refractivity contribution in [3.8, 4) is 6.07 Å². The molecule has 0 aliphatic carbocycles. The topological polar surface area (TPSA) is 428 Å². The van der Waals surface area contributed by atoms with E-state index >= 15 is 0 Å². The number of benzene rings is 2. The number of nitrogens with two attached hydrogens (primary N) is 5. The number of nitrogens with one attached hydrogen (secondary N) is 6. The molecule has 3 aromatic rings. The quantitative estimate of drug-likeness (QED) is 0.0435. The number of carbonyl (C=O) groups is 9. The number of aliphatic hydroxyl groups is 1. The van der Waals surface area contributed by atoms with Crippen LogP contribution in [-0.2, 0) is 56.0 Å². The highest BCUT2D eigenvalue weighted by molar-refractivity contribution is 5.98. The van der Waals surface area contributed by atoms with Gasteiger partial charge in [0.2, 0.25) is 35.4 Å². The van der Waals surface area contributed by atoms with E-state index < -0.39 is 109 Å². The molecule has 0 radical (unpaired) electrons. The highest BCUT2D eigenvalue weighted by Crippen LogP contribution is 2.26. The van der Waals surface area contributed by atoms with Crippen LogP contribution in [0.15, 0.2) is 64.7 Å². The lowest BCUT2D eigenvalue weighted by atomic mass is 9.83. The highest BCUT2D eigenvalue weighted by Gasteiger charge is 2.35. The Bertz CT molecular complexity index is 2600. The fraction of sp³-hybridized carbons (Fsp3) is 0.490. The SMILES string of the molecule is CC(=O)N[C@@H](CCCN=C(N)N)C(=O)N[C@H]1CCC(=O)CCCC[C@@H](C(N)=O)NC(=O)[C@H](Cc2c[nH]c3ccccc23)CC(=O)[C@H](CCCN=C(N)N)CC(=O)[C@@H](Cc2ccc(C#N)cc2)NC(=O)[C@H](CO)NC1=O. The van der Waals surface area contributed by atoms with Gasteiger partial charge in [-0.3, -0.25) is 53.1 Å². The smallest absolute Gasteiger partial charge is 0.245 e. The molecule has 24 heteroatoms. The van der Waals surface area contributed by atoms with E-state index in [0.29, 0.717) is 16.7 Å². The zero-order chi connectivity index (χ0) is 55.0. The number of ketones is 3. The monoisotopic (exact) mass is 1040 g/mol. The summed E-state index contributed by atoms with van der Waals surface area (Å²) in [6, 6.07) is 8.51. The van der Waals surface area contributed by atoms with E-state index in [1.165, 1.54) is 19.1 Å². The molecule has 24 nitrogen and oxygen atoms in total. The number of amides is 6. The molecule has 1 aliphatic heterocycles. The molecule has 0 unspecified atom stereocenters. The van der Waals surface area contributed by atoms with Gasteiger partial charge < -0.3 is 65.3 Å². The number of aliphatic hydroxyl groups excluding tert-OH is 1. The van der Waals surface area contributed by atoms with Gasteiger partial charge in [0.05, 0.1) is 24.3 Å². The van der Waals surface area contributed by atoms with E-state index in [-0.39, 0.29) is 108 Å². The van der Waals surface area contributed by atoms with Gasteiger partial charge in [-0.2, -0.15) is 5.26 Å². The minimum absolute atomic E-state index is 0.0308. The molecule has 2 heterocycles. The molecule has 17 N–H and O–H groups in total. The number of rotatable bonds is 17. The van der Waals surface area contributed by atoms with E-state index in [0.717, 1.165) is 10.9 Å². The van der Waals surface area contributed by atoms with Crippen molar-refractivity contribution in [1.29, 1.82) is 5.26 Å². The Hall–Kier alpha value is -8.20. The van der Waals surface area contributed by atoms with Crippen LogP contribution in [0.25, 0.3) is 10.9 Å². The molecular formula is C51H70N14O10. The normalized spacial score (nSPS) is 21.3. The molecule has 0 bridgehead atoms. The number of carbonyl (C=O) groups excluding carboxylic acids is 9. The first kappa shape index (κ1) is 59.4. The number of guanidine groups is 2. The number of Topliss-reactive ketones (excluding diaryl/α,β-unsaturated/α-hetero) is 3. The average Bonchev–Trinajstić information content (AvgIpc) is 3.78. The van der Waals surface area contributed by atoms with E-state index in [1.807, 2.05) is 30.3 Å². The Morgan fingerprint density at radius 2 is 1.44 bits per heavy atom. The number of hydrogen-bond acceptors (Lipinski definition) is 13. The molecule has 0 saturated carbocycles. The lowest BCUT2D eigenvalue weighted by molar-refractivity contribution is -0.136. The Morgan fingerprint density at radius 3 is 2.09 bits per heavy atom. The third-order valence-corrected chi connectivity index (χ3v) is 12.8. The lowest BCUT2D eigenvalue weighted by Crippen LogP contribution is -2.58. The largest absolute Gasteiger partial charge is 0.394 e. The molecule has 6 amide bonds. The van der Waals surface area contributed by atoms with Gasteiger partial charge in [0.15, 0.2) is 17.7 Å². The maximum absolute atomic E-state index is 14.7. The molecule has 0 spiro atoms. The van der Waals surface area contributed by atoms with E-state index in [2.05, 4.69) is 41.6 Å². The summed E-state index contributed by atoms with van der Waals surface area (Å²) >= 11 is 0. The zero-order valence-electron chi connectivity index (χ0n) is 42.1. The summed E-state index contributed by atoms with van der Waals surface area (Å²) in [6.45, 7) is 0.393. The number of H-pyrrole nitrogens is 1. The summed E-state index contributed by atoms with van der Waals surface area (Å²) in [4.78, 5) is 135. The second-order valence-electron chi connectivity index (χ2n) is 18.6. The standard InChI is InChI=1S/C51H70N14O10/c1-29(67)61-39(13-7-21-59-51(56)57)47(73)63-40-19-18-35(68)9-2-4-12-38(45(53)71)62-46(72)33(23-34-27-60-37-11-5-3-10-36(34)37)25-43(69)32(8-6-20-58-50(54)55)24-44(70)41(22-30-14-16-31(26-52)17-15-30)64-49(75)42(28-66)65-48(40)74/h3,5,10-11,14-17,27,32-33,38-42,60,66H,2,4,6-9,12-13,18-25,28H2,1H3,(H2,53,71)(H,61,67)(H,62,72)(H,63,73)(H,64,75)(H,65,74)(H4,54,55,58)(H4,56,57,59)/t32-,33-,38+,39+,40+,41-,42+/m1/s1. The Kier molecular flexibility index (Phi) is 23.8. The summed E-state index contributed by atoms with van der Waals surface area (Å²) in [5.74, 6) is -8.92. The van der Waals surface area contributed by atoms with Gasteiger partial charge in [-0.25, -0.2) is 0 Å². The predicted molar refractivity (Wildman–Crippen MR) is 277 cm³/mol. The van der Waals surface area contributed by atoms with E-state index in [9.17, 15) is 53.5 Å². The molecule has 1 aromatic heterocycles. The number of aromatic nitrogens is 1. The number of nitrogens with zero attached hydrogens (tertiary/aromatic N) is 3. The second kappa shape index (κ2) is 30.1. The van der Waals surface area contributed by atoms with Crippen LogP contribution in [-0.4, -0.2) is 125 Å². The summed E-state index contributed by atoms with van der Waals surface area (Å²) < 4.78 is 0. The van der Waals surface area contributed by atoms with Crippen molar-refractivity contribution in [3.63, 3.8) is 0 Å². The minimum Gasteiger partial charge on any atom is -0.394 e. The van der Waals surface area contributed by atoms with E-state index in [4.69, 9.17) is 28.7 Å². The fourth-order valence-corrected chi connectivity index (χ4v) is 8.71. The van der Waals surface area contributed by atoms with Crippen LogP contribution in [0.5, 0.6) is 0 Å². The van der Waals surface area contributed by atoms with Crippen LogP contribution >= 0.6 is 0 Å². The number of nitriles is 1. The van der Waals surface area contributed by atoms with Crippen molar-refractivity contribution in [3.05, 3.63) is 71.4 Å². The summed E-state index contributed by atoms with van der Waals surface area (Å²) in [5, 5.41) is 33.7. The maximum atomic E-state index is 14.7. The average molecular weight is 1040 g/mol. The Labute approximate surface area is 434 Å². The van der Waals surface area contributed by atoms with E-state index in [1.54, 1.807) is 18.3 Å². The molecule has 2 aromatic carbocycles. The molecule has 4 rings (SSSR count). The fourth-order valence-electron chi connectivity index (χ4n) is 8.71. The second-order valence-corrected chi connectivity index (χ2v) is 18.6. The predicted octanol–water partition coefficient (Wildman–Crippen LogP) is -1.07. The first-order chi connectivity index (χ1) is 35.8. The van der Waals surface area contributed by atoms with Gasteiger partial charge in [-0.1, -0.05) is 36.8 Å². The summed E-state index contributed by atoms with van der Waals surface area (Å²) in [7, 11) is 0. The minimum atomic E-state index is -1.73. The van der Waals surface area contributed by atoms with Gasteiger partial charge in [-0.05, 0) is 87.1 Å². The molecule has 1 aliphatic rings. The number of primary amides is 1. The van der Waals surface area contributed by atoms with Gasteiger partial charge in [0.1, 0.15) is 35.7 Å². The van der Waals surface area contributed by atoms with Crippen LogP contribution in [0.4, 0.5) is 0 Å². The van der Waals surface area contributed by atoms with Crippen LogP contribution in [0.3, 0.4) is 0 Å². The summed E-state index contributed by atoms with van der Waals surface area (Å²) in [6.07, 6.45) is 1.17. The Morgan fingerprint density at radius 1 is 0.773 bits per heavy atom. The van der Waals surface area contributed by atoms with Gasteiger partial charge in [0, 0.05) is 74.6 Å². The van der Waals surface area contributed by atoms with Crippen molar-refractivity contribution >= 4 is 75.6 Å². The van der Waals surface area contributed by atoms with Crippen molar-refractivity contribution in [1.82, 2.24) is 31.6 Å². The van der Waals surface area contributed by atoms with Crippen molar-refractivity contribution in [2.75, 3.05) is 19.7 Å². The third-order valence-electron chi connectivity index (χ3n) is 12.8. The van der Waals surface area contributed by atoms with Crippen LogP contribution in [0.2, 0.25) is 0 Å². The first-order valence-electron chi connectivity index (χ1n) is 24.9. The molecule has 75 heavy (non-hydrogen) atoms. The Balaban J connectivity index is 1.76. The maximum Gasteiger partial charge on any atom is 0.245 e. The number of aromatic amines is 1.